The molecule has 2 unspecified atom stereocenters. The summed E-state index contributed by atoms with van der Waals surface area (Å²) in [4.78, 5) is 23.5. The van der Waals surface area contributed by atoms with Gasteiger partial charge in [-0.1, -0.05) is 12.1 Å². The number of nitrogens with one attached hydrogen (secondary N) is 1. The van der Waals surface area contributed by atoms with Gasteiger partial charge in [0, 0.05) is 17.8 Å². The summed E-state index contributed by atoms with van der Waals surface area (Å²) in [6.45, 7) is 3.66. The van der Waals surface area contributed by atoms with Crippen LogP contribution in [-0.2, 0) is 14.3 Å². The highest BCUT2D eigenvalue weighted by molar-refractivity contribution is 6.06. The lowest BCUT2D eigenvalue weighted by Crippen LogP contribution is -2.34. The summed E-state index contributed by atoms with van der Waals surface area (Å²) < 4.78 is 9.68. The zero-order chi connectivity index (χ0) is 14.0. The zero-order valence-corrected chi connectivity index (χ0v) is 11.1. The molecule has 0 aromatic carbocycles. The number of anilines is 1. The maximum absolute atomic E-state index is 11.9. The molecule has 19 heavy (non-hydrogen) atoms. The Morgan fingerprint density at radius 3 is 2.84 bits per heavy atom. The van der Waals surface area contributed by atoms with Gasteiger partial charge in [-0.3, -0.25) is 9.59 Å². The lowest BCUT2D eigenvalue weighted by Gasteiger charge is -2.25. The summed E-state index contributed by atoms with van der Waals surface area (Å²) >= 11 is 0. The number of ketones is 1. The van der Waals surface area contributed by atoms with E-state index in [9.17, 15) is 9.59 Å². The first kappa shape index (κ1) is 13.3. The molecule has 0 bridgehead atoms. The molecular formula is C13H16N2O4. The predicted molar refractivity (Wildman–Crippen MR) is 67.2 cm³/mol. The van der Waals surface area contributed by atoms with Gasteiger partial charge < -0.3 is 14.6 Å². The second-order valence-electron chi connectivity index (χ2n) is 4.71. The first-order valence-electron chi connectivity index (χ1n) is 6.04. The molecule has 0 saturated heterocycles. The van der Waals surface area contributed by atoms with Gasteiger partial charge in [0.2, 0.25) is 5.88 Å². The number of allylic oxidation sites excluding steroid dienone is 2. The Kier molecular flexibility index (Phi) is 3.69. The van der Waals surface area contributed by atoms with E-state index in [-0.39, 0.29) is 11.7 Å². The molecule has 102 valence electrons. The minimum absolute atomic E-state index is 0.114. The summed E-state index contributed by atoms with van der Waals surface area (Å²) in [5.41, 5.74) is 1.47. The average molecular weight is 264 g/mol. The molecule has 1 aromatic heterocycles. The molecule has 0 saturated carbocycles. The highest BCUT2D eigenvalue weighted by Crippen LogP contribution is 2.29. The average Bonchev–Trinajstić information content (AvgIpc) is 2.73. The minimum Gasteiger partial charge on any atom is -0.468 e. The lowest BCUT2D eigenvalue weighted by molar-refractivity contribution is -0.150. The van der Waals surface area contributed by atoms with Crippen LogP contribution in [0.2, 0.25) is 0 Å². The van der Waals surface area contributed by atoms with Crippen LogP contribution in [0.15, 0.2) is 22.4 Å². The van der Waals surface area contributed by atoms with E-state index in [0.717, 1.165) is 5.69 Å². The molecule has 1 aliphatic rings. The molecule has 6 heteroatoms. The molecule has 0 spiro atoms. The SMILES string of the molecule is COC(=O)C1C(=O)C=C(Nc2cc(C)no2)CC1C. The highest BCUT2D eigenvalue weighted by atomic mass is 16.5. The Balaban J connectivity index is 2.13. The largest absolute Gasteiger partial charge is 0.468 e. The topological polar surface area (TPSA) is 81.4 Å². The van der Waals surface area contributed by atoms with Crippen molar-refractivity contribution in [2.24, 2.45) is 11.8 Å². The number of carbonyl (C=O) groups is 2. The van der Waals surface area contributed by atoms with E-state index in [4.69, 9.17) is 4.52 Å². The second kappa shape index (κ2) is 5.26. The van der Waals surface area contributed by atoms with Gasteiger partial charge >= 0.3 is 5.97 Å². The molecule has 0 radical (unpaired) electrons. The fourth-order valence-corrected chi connectivity index (χ4v) is 2.21. The van der Waals surface area contributed by atoms with Crippen LogP contribution in [0, 0.1) is 18.8 Å². The number of aryl methyl sites for hydroxylation is 1. The fraction of sp³-hybridized carbons (Fsp3) is 0.462. The van der Waals surface area contributed by atoms with E-state index in [1.807, 2.05) is 13.8 Å². The van der Waals surface area contributed by atoms with E-state index in [2.05, 4.69) is 15.2 Å². The van der Waals surface area contributed by atoms with Crippen LogP contribution in [-0.4, -0.2) is 24.0 Å². The van der Waals surface area contributed by atoms with Gasteiger partial charge in [-0.2, -0.15) is 0 Å². The Labute approximate surface area is 110 Å². The van der Waals surface area contributed by atoms with Gasteiger partial charge in [0.1, 0.15) is 5.92 Å². The Morgan fingerprint density at radius 1 is 1.58 bits per heavy atom. The van der Waals surface area contributed by atoms with Crippen molar-refractivity contribution in [3.63, 3.8) is 0 Å². The minimum atomic E-state index is -0.716. The first-order chi connectivity index (χ1) is 9.01. The predicted octanol–water partition coefficient (Wildman–Crippen LogP) is 1.68. The van der Waals surface area contributed by atoms with Gasteiger partial charge in [0.05, 0.1) is 12.8 Å². The number of ether oxygens (including phenoxy) is 1. The Morgan fingerprint density at radius 2 is 2.32 bits per heavy atom. The van der Waals surface area contributed by atoms with Gasteiger partial charge in [-0.25, -0.2) is 0 Å². The number of carbonyl (C=O) groups excluding carboxylic acids is 2. The molecule has 0 aliphatic heterocycles. The van der Waals surface area contributed by atoms with Gasteiger partial charge in [-0.15, -0.1) is 0 Å². The summed E-state index contributed by atoms with van der Waals surface area (Å²) in [6.07, 6.45) is 2.00. The van der Waals surface area contributed by atoms with Gasteiger partial charge in [-0.05, 0) is 19.3 Å². The maximum Gasteiger partial charge on any atom is 0.316 e. The monoisotopic (exact) mass is 264 g/mol. The lowest BCUT2D eigenvalue weighted by atomic mass is 9.82. The second-order valence-corrected chi connectivity index (χ2v) is 4.71. The smallest absolute Gasteiger partial charge is 0.316 e. The van der Waals surface area contributed by atoms with Crippen LogP contribution in [0.1, 0.15) is 19.0 Å². The molecule has 1 aromatic rings. The zero-order valence-electron chi connectivity index (χ0n) is 11.1. The van der Waals surface area contributed by atoms with Gasteiger partial charge in [0.15, 0.2) is 5.78 Å². The van der Waals surface area contributed by atoms with Crippen LogP contribution in [0.25, 0.3) is 0 Å². The van der Waals surface area contributed by atoms with Crippen LogP contribution < -0.4 is 5.32 Å². The molecule has 0 fully saturated rings. The summed E-state index contributed by atoms with van der Waals surface area (Å²) in [5.74, 6) is -1.07. The van der Waals surface area contributed by atoms with Crippen LogP contribution in [0.5, 0.6) is 0 Å². The van der Waals surface area contributed by atoms with E-state index in [1.54, 1.807) is 6.07 Å². The number of hydrogen-bond acceptors (Lipinski definition) is 6. The van der Waals surface area contributed by atoms with E-state index >= 15 is 0 Å². The number of hydrogen-bond donors (Lipinski definition) is 1. The Bertz CT molecular complexity index is 533. The van der Waals surface area contributed by atoms with Crippen molar-refractivity contribution in [1.82, 2.24) is 5.16 Å². The molecule has 1 N–H and O–H groups in total. The van der Waals surface area contributed by atoms with Crippen LogP contribution >= 0.6 is 0 Å². The quantitative estimate of drug-likeness (QED) is 0.660. The first-order valence-corrected chi connectivity index (χ1v) is 6.04. The van der Waals surface area contributed by atoms with Crippen LogP contribution in [0.4, 0.5) is 5.88 Å². The van der Waals surface area contributed by atoms with Crippen molar-refractivity contribution in [1.29, 1.82) is 0 Å². The van der Waals surface area contributed by atoms with E-state index in [1.165, 1.54) is 13.2 Å². The number of methoxy groups -OCH3 is 1. The van der Waals surface area contributed by atoms with Crippen molar-refractivity contribution < 1.29 is 18.8 Å². The van der Waals surface area contributed by atoms with Crippen molar-refractivity contribution in [2.45, 2.75) is 20.3 Å². The standard InChI is InChI=1S/C13H16N2O4/c1-7-4-9(14-11-5-8(2)15-19-11)6-10(16)12(7)13(17)18-3/h5-7,12,14H,4H2,1-3H3. The fourth-order valence-electron chi connectivity index (χ4n) is 2.21. The molecule has 2 atom stereocenters. The maximum atomic E-state index is 11.9. The van der Waals surface area contributed by atoms with Gasteiger partial charge in [0.25, 0.3) is 0 Å². The highest BCUT2D eigenvalue weighted by Gasteiger charge is 2.35. The normalized spacial score (nSPS) is 22.9. The van der Waals surface area contributed by atoms with Crippen molar-refractivity contribution in [3.8, 4) is 0 Å². The molecule has 0 amide bonds. The van der Waals surface area contributed by atoms with E-state index < -0.39 is 11.9 Å². The summed E-state index contributed by atoms with van der Waals surface area (Å²) in [6, 6.07) is 1.74. The molecule has 6 nitrogen and oxygen atoms in total. The Hall–Kier alpha value is -2.11. The molecular weight excluding hydrogens is 248 g/mol. The summed E-state index contributed by atoms with van der Waals surface area (Å²) in [7, 11) is 1.29. The van der Waals surface area contributed by atoms with Crippen molar-refractivity contribution in [2.75, 3.05) is 12.4 Å². The molecule has 1 heterocycles. The molecule has 2 rings (SSSR count). The van der Waals surface area contributed by atoms with Crippen molar-refractivity contribution in [3.05, 3.63) is 23.5 Å². The van der Waals surface area contributed by atoms with E-state index in [0.29, 0.717) is 18.0 Å². The number of rotatable bonds is 3. The third kappa shape index (κ3) is 2.83. The summed E-state index contributed by atoms with van der Waals surface area (Å²) in [5, 5.41) is 6.75. The van der Waals surface area contributed by atoms with Crippen LogP contribution in [0.3, 0.4) is 0 Å². The molecule has 1 aliphatic carbocycles. The number of aromatic nitrogens is 1. The number of nitrogens with zero attached hydrogens (tertiary/aromatic N) is 1. The third-order valence-corrected chi connectivity index (χ3v) is 3.10. The number of esters is 1. The van der Waals surface area contributed by atoms with Crippen molar-refractivity contribution >= 4 is 17.6 Å². The third-order valence-electron chi connectivity index (χ3n) is 3.10.